The number of aryl methyl sites for hydroxylation is 1. The van der Waals surface area contributed by atoms with Crippen LogP contribution in [0.3, 0.4) is 0 Å². The van der Waals surface area contributed by atoms with Gasteiger partial charge >= 0.3 is 12.2 Å². The van der Waals surface area contributed by atoms with Crippen molar-refractivity contribution in [3.63, 3.8) is 0 Å². The van der Waals surface area contributed by atoms with Gasteiger partial charge in [0.05, 0.1) is 28.1 Å². The summed E-state index contributed by atoms with van der Waals surface area (Å²) in [6.45, 7) is 4.83. The number of halogens is 2. The number of benzene rings is 3. The summed E-state index contributed by atoms with van der Waals surface area (Å²) >= 11 is 0. The molecule has 3 aromatic carbocycles. The lowest BCUT2D eigenvalue weighted by Crippen LogP contribution is -2.56. The van der Waals surface area contributed by atoms with Gasteiger partial charge < -0.3 is 33.3 Å². The van der Waals surface area contributed by atoms with Crippen LogP contribution in [0.5, 0.6) is 17.5 Å². The molecule has 0 saturated carbocycles. The number of nitro benzene ring substituents is 1. The lowest BCUT2D eigenvalue weighted by molar-refractivity contribution is -0.384. The van der Waals surface area contributed by atoms with Crippen molar-refractivity contribution in [3.05, 3.63) is 82.0 Å². The van der Waals surface area contributed by atoms with E-state index in [4.69, 9.17) is 43.4 Å². The molecule has 61 heavy (non-hydrogen) atoms. The summed E-state index contributed by atoms with van der Waals surface area (Å²) < 4.78 is 67.1. The number of piperidine rings is 1. The number of anilines is 1. The Labute approximate surface area is 350 Å². The first-order chi connectivity index (χ1) is 29.6. The third kappa shape index (κ3) is 7.74. The molecule has 0 N–H and O–H groups in total. The fourth-order valence-electron chi connectivity index (χ4n) is 9.65. The van der Waals surface area contributed by atoms with E-state index in [1.807, 2.05) is 6.92 Å². The maximum atomic E-state index is 17.4. The summed E-state index contributed by atoms with van der Waals surface area (Å²) in [5.74, 6) is -0.0533. The van der Waals surface area contributed by atoms with E-state index in [1.165, 1.54) is 37.4 Å². The SMILES string of the molecule is CCc1c(F)ccc2cc(OCOC)cc(-c3ncc4c(N5CCC[C@@]6(CCO6)C5)nc(OC[C@@]56CCCN5[C@H](COC(=O)Oc5ccc([N+](=O)[O-])cc5)CC6)nc4c3F)c12. The zero-order valence-corrected chi connectivity index (χ0v) is 34.0. The van der Waals surface area contributed by atoms with Crippen LogP contribution in [0.1, 0.15) is 57.4 Å². The maximum Gasteiger partial charge on any atom is 0.513 e. The van der Waals surface area contributed by atoms with Crippen LogP contribution in [0.15, 0.2) is 54.7 Å². The van der Waals surface area contributed by atoms with Gasteiger partial charge in [0.1, 0.15) is 47.6 Å². The van der Waals surface area contributed by atoms with E-state index in [0.717, 1.165) is 51.5 Å². The minimum absolute atomic E-state index is 0.0139. The second-order valence-electron chi connectivity index (χ2n) is 16.2. The molecular weight excluding hydrogens is 795 g/mol. The minimum atomic E-state index is -0.903. The van der Waals surface area contributed by atoms with Crippen molar-refractivity contribution >= 4 is 39.3 Å². The Kier molecular flexibility index (Phi) is 11.0. The number of rotatable bonds is 13. The maximum absolute atomic E-state index is 17.4. The second kappa shape index (κ2) is 16.6. The van der Waals surface area contributed by atoms with Crippen LogP contribution in [0.25, 0.3) is 32.9 Å². The molecule has 0 radical (unpaired) electrons. The number of nitrogens with zero attached hydrogens (tertiary/aromatic N) is 6. The predicted molar refractivity (Wildman–Crippen MR) is 219 cm³/mol. The average molecular weight is 841 g/mol. The molecule has 320 valence electrons. The van der Waals surface area contributed by atoms with Crippen LogP contribution in [-0.4, -0.2) is 101 Å². The molecule has 2 aromatic heterocycles. The van der Waals surface area contributed by atoms with Crippen LogP contribution in [0, 0.1) is 21.7 Å². The van der Waals surface area contributed by atoms with Crippen LogP contribution in [-0.2, 0) is 20.6 Å². The molecular formula is C44H46F2N6O9. The van der Waals surface area contributed by atoms with Gasteiger partial charge in [0.2, 0.25) is 0 Å². The summed E-state index contributed by atoms with van der Waals surface area (Å²) in [4.78, 5) is 41.8. The summed E-state index contributed by atoms with van der Waals surface area (Å²) in [5.41, 5.74) is -0.00237. The molecule has 4 aliphatic rings. The second-order valence-corrected chi connectivity index (χ2v) is 16.2. The van der Waals surface area contributed by atoms with Crippen molar-refractivity contribution in [2.75, 3.05) is 58.3 Å². The van der Waals surface area contributed by atoms with Crippen molar-refractivity contribution in [2.45, 2.75) is 75.5 Å². The lowest BCUT2D eigenvalue weighted by atomic mass is 9.86. The van der Waals surface area contributed by atoms with Crippen LogP contribution < -0.4 is 19.1 Å². The van der Waals surface area contributed by atoms with E-state index >= 15 is 8.78 Å². The Hall–Kier alpha value is -5.78. The number of non-ortho nitro benzene ring substituents is 1. The van der Waals surface area contributed by atoms with E-state index in [9.17, 15) is 14.9 Å². The smallest absolute Gasteiger partial charge is 0.468 e. The molecule has 17 heteroatoms. The first-order valence-electron chi connectivity index (χ1n) is 20.7. The molecule has 1 spiro atoms. The highest BCUT2D eigenvalue weighted by Gasteiger charge is 2.50. The number of fused-ring (bicyclic) bond motifs is 3. The van der Waals surface area contributed by atoms with Crippen molar-refractivity contribution in [1.82, 2.24) is 19.9 Å². The lowest BCUT2D eigenvalue weighted by Gasteiger charge is -2.48. The molecule has 4 saturated heterocycles. The van der Waals surface area contributed by atoms with E-state index in [-0.39, 0.29) is 60.3 Å². The van der Waals surface area contributed by atoms with Crippen molar-refractivity contribution in [1.29, 1.82) is 0 Å². The fourth-order valence-corrected chi connectivity index (χ4v) is 9.65. The van der Waals surface area contributed by atoms with Gasteiger partial charge in [-0.1, -0.05) is 13.0 Å². The number of carbonyl (C=O) groups is 1. The number of hydrogen-bond donors (Lipinski definition) is 0. The third-order valence-corrected chi connectivity index (χ3v) is 12.7. The summed E-state index contributed by atoms with van der Waals surface area (Å²) in [6.07, 6.45) is 6.99. The number of hydrogen-bond acceptors (Lipinski definition) is 14. The third-order valence-electron chi connectivity index (χ3n) is 12.7. The largest absolute Gasteiger partial charge is 0.513 e. The summed E-state index contributed by atoms with van der Waals surface area (Å²) in [6, 6.07) is 11.6. The monoisotopic (exact) mass is 840 g/mol. The van der Waals surface area contributed by atoms with Crippen LogP contribution in [0.4, 0.5) is 25.1 Å². The molecule has 4 fully saturated rings. The zero-order chi connectivity index (χ0) is 42.3. The van der Waals surface area contributed by atoms with Gasteiger partial charge in [-0.25, -0.2) is 13.6 Å². The highest BCUT2D eigenvalue weighted by atomic mass is 19.1. The average Bonchev–Trinajstić information content (AvgIpc) is 3.83. The van der Waals surface area contributed by atoms with Gasteiger partial charge in [0.25, 0.3) is 5.69 Å². The zero-order valence-electron chi connectivity index (χ0n) is 34.0. The summed E-state index contributed by atoms with van der Waals surface area (Å²) in [7, 11) is 1.51. The Balaban J connectivity index is 1.02. The standard InChI is InChI=1S/C44H46F2N6O9/c1-3-32-35(45)11-6-27-20-31(59-26-56-2)21-33(36(27)32)38-37(46)39-34(22-47-38)40(50-17-5-14-44(24-50)16-19-60-44)49-41(48-39)58-25-43-13-4-18-51(43)29(12-15-43)23-57-42(53)61-30-9-7-28(8-10-30)52(54)55/h6-11,20-22,29H,3-5,12-19,23-26H2,1-2H3/t29-,43-,44+/m0/s1. The number of carbonyl (C=O) groups excluding carboxylic acids is 1. The van der Waals surface area contributed by atoms with Gasteiger partial charge in [-0.3, -0.25) is 20.0 Å². The number of methoxy groups -OCH3 is 1. The molecule has 15 nitrogen and oxygen atoms in total. The van der Waals surface area contributed by atoms with Crippen LogP contribution >= 0.6 is 0 Å². The predicted octanol–water partition coefficient (Wildman–Crippen LogP) is 7.93. The molecule has 4 aliphatic heterocycles. The molecule has 6 heterocycles. The molecule has 0 aliphatic carbocycles. The highest BCUT2D eigenvalue weighted by molar-refractivity contribution is 6.02. The number of nitro groups is 1. The minimum Gasteiger partial charge on any atom is -0.468 e. The molecule has 0 amide bonds. The van der Waals surface area contributed by atoms with Gasteiger partial charge in [0, 0.05) is 56.6 Å². The highest BCUT2D eigenvalue weighted by Crippen LogP contribution is 2.45. The van der Waals surface area contributed by atoms with E-state index in [2.05, 4.69) is 9.80 Å². The first kappa shape index (κ1) is 40.6. The topological polar surface area (TPSA) is 161 Å². The Morgan fingerprint density at radius 2 is 1.84 bits per heavy atom. The normalized spacial score (nSPS) is 22.4. The van der Waals surface area contributed by atoms with Crippen molar-refractivity contribution < 1.29 is 46.9 Å². The van der Waals surface area contributed by atoms with Gasteiger partial charge in [-0.15, -0.1) is 0 Å². The Morgan fingerprint density at radius 1 is 1.02 bits per heavy atom. The van der Waals surface area contributed by atoms with Crippen LogP contribution in [0.2, 0.25) is 0 Å². The van der Waals surface area contributed by atoms with Gasteiger partial charge in [-0.05, 0) is 98.2 Å². The van der Waals surface area contributed by atoms with E-state index in [1.54, 1.807) is 24.4 Å². The quantitative estimate of drug-likeness (QED) is 0.0370. The van der Waals surface area contributed by atoms with Crippen molar-refractivity contribution in [3.8, 4) is 28.8 Å². The Morgan fingerprint density at radius 3 is 2.59 bits per heavy atom. The molecule has 3 atom stereocenters. The summed E-state index contributed by atoms with van der Waals surface area (Å²) in [5, 5.41) is 12.6. The molecule has 9 rings (SSSR count). The number of aromatic nitrogens is 3. The fraction of sp³-hybridized carbons (Fsp3) is 0.455. The number of ether oxygens (including phenoxy) is 6. The van der Waals surface area contributed by atoms with Gasteiger partial charge in [-0.2, -0.15) is 9.97 Å². The number of pyridine rings is 1. The first-order valence-corrected chi connectivity index (χ1v) is 20.7. The molecule has 0 unspecified atom stereocenters. The Bertz CT molecular complexity index is 2490. The molecule has 5 aromatic rings. The van der Waals surface area contributed by atoms with Gasteiger partial charge in [0.15, 0.2) is 12.6 Å². The van der Waals surface area contributed by atoms with E-state index < -0.39 is 28.3 Å². The van der Waals surface area contributed by atoms with Crippen molar-refractivity contribution in [2.24, 2.45) is 0 Å². The molecule has 0 bridgehead atoms. The van der Waals surface area contributed by atoms with E-state index in [0.29, 0.717) is 65.0 Å².